The number of esters is 3. The van der Waals surface area contributed by atoms with Crippen LogP contribution in [0.15, 0.2) is 24.3 Å². The van der Waals surface area contributed by atoms with Crippen LogP contribution in [0.5, 0.6) is 0 Å². The van der Waals surface area contributed by atoms with E-state index in [1.165, 1.54) is 20.8 Å². The SMILES string of the molecule is C[C@@H]1CC(=O)O[C@H](C)[C@H](O)/C=C\C(=O)O[C@H](C)[C@@H](O)/C=C\C(=O)O1. The molecule has 0 aromatic rings. The summed E-state index contributed by atoms with van der Waals surface area (Å²) in [4.78, 5) is 34.9. The Morgan fingerprint density at radius 2 is 1.29 bits per heavy atom. The van der Waals surface area contributed by atoms with E-state index in [4.69, 9.17) is 14.2 Å². The summed E-state index contributed by atoms with van der Waals surface area (Å²) in [5, 5.41) is 19.6. The maximum absolute atomic E-state index is 11.7. The van der Waals surface area contributed by atoms with Crippen molar-refractivity contribution in [3.8, 4) is 0 Å². The molecule has 2 N–H and O–H groups in total. The van der Waals surface area contributed by atoms with E-state index in [-0.39, 0.29) is 6.42 Å². The number of hydrogen-bond donors (Lipinski definition) is 2. The predicted octanol–water partition coefficient (Wildman–Crippen LogP) is 0.0194. The lowest BCUT2D eigenvalue weighted by Gasteiger charge is -2.19. The normalized spacial score (nSPS) is 36.2. The van der Waals surface area contributed by atoms with E-state index in [0.29, 0.717) is 0 Å². The molecule has 8 nitrogen and oxygen atoms in total. The summed E-state index contributed by atoms with van der Waals surface area (Å²) in [5.41, 5.74) is 0. The first-order chi connectivity index (χ1) is 11.2. The zero-order valence-electron chi connectivity index (χ0n) is 13.7. The zero-order valence-corrected chi connectivity index (χ0v) is 13.7. The zero-order chi connectivity index (χ0) is 18.3. The van der Waals surface area contributed by atoms with Gasteiger partial charge < -0.3 is 24.4 Å². The molecule has 0 fully saturated rings. The summed E-state index contributed by atoms with van der Waals surface area (Å²) in [7, 11) is 0. The van der Waals surface area contributed by atoms with Crippen LogP contribution in [0, 0.1) is 0 Å². The van der Waals surface area contributed by atoms with E-state index in [1.54, 1.807) is 0 Å². The molecule has 5 atom stereocenters. The van der Waals surface area contributed by atoms with Crippen molar-refractivity contribution in [1.29, 1.82) is 0 Å². The van der Waals surface area contributed by atoms with Crippen LogP contribution in [-0.4, -0.2) is 58.6 Å². The summed E-state index contributed by atoms with van der Waals surface area (Å²) in [6, 6.07) is 0. The number of rotatable bonds is 0. The highest BCUT2D eigenvalue weighted by molar-refractivity contribution is 5.83. The Kier molecular flexibility index (Phi) is 7.60. The lowest BCUT2D eigenvalue weighted by Crippen LogP contribution is -2.30. The van der Waals surface area contributed by atoms with Gasteiger partial charge in [-0.15, -0.1) is 0 Å². The standard InChI is InChI=1S/C16H22O8/c1-9-8-16(21)24-11(3)13(18)5-7-15(20)23-10(2)12(17)4-6-14(19)22-9/h4-7,9-13,17-18H,8H2,1-3H3/b6-4-,7-5-/t9-,10-,11-,12+,13-/m1/s1. The largest absolute Gasteiger partial charge is 0.459 e. The van der Waals surface area contributed by atoms with E-state index >= 15 is 0 Å². The number of hydrogen-bond acceptors (Lipinski definition) is 8. The summed E-state index contributed by atoms with van der Waals surface area (Å²) in [6.45, 7) is 4.41. The third-order valence-electron chi connectivity index (χ3n) is 3.21. The van der Waals surface area contributed by atoms with E-state index in [2.05, 4.69) is 0 Å². The predicted molar refractivity (Wildman–Crippen MR) is 81.6 cm³/mol. The van der Waals surface area contributed by atoms with Crippen LogP contribution >= 0.6 is 0 Å². The maximum Gasteiger partial charge on any atom is 0.330 e. The number of aliphatic hydroxyl groups is 2. The Balaban J connectivity index is 2.91. The Labute approximate surface area is 139 Å². The Morgan fingerprint density at radius 1 is 0.833 bits per heavy atom. The molecule has 1 aliphatic heterocycles. The van der Waals surface area contributed by atoms with Gasteiger partial charge in [0.15, 0.2) is 0 Å². The monoisotopic (exact) mass is 342 g/mol. The molecule has 1 heterocycles. The topological polar surface area (TPSA) is 119 Å². The molecule has 134 valence electrons. The first kappa shape index (κ1) is 19.9. The summed E-state index contributed by atoms with van der Waals surface area (Å²) < 4.78 is 14.9. The minimum atomic E-state index is -1.22. The molecule has 0 aromatic heterocycles. The number of carbonyl (C=O) groups excluding carboxylic acids is 3. The highest BCUT2D eigenvalue weighted by atomic mass is 16.6. The second-order valence-corrected chi connectivity index (χ2v) is 5.49. The van der Waals surface area contributed by atoms with Crippen molar-refractivity contribution in [2.45, 2.75) is 57.7 Å². The van der Waals surface area contributed by atoms with E-state index in [0.717, 1.165) is 24.3 Å². The van der Waals surface area contributed by atoms with Crippen LogP contribution in [0.25, 0.3) is 0 Å². The Bertz CT molecular complexity index is 524. The molecule has 24 heavy (non-hydrogen) atoms. The number of carbonyl (C=O) groups is 3. The Morgan fingerprint density at radius 3 is 1.83 bits per heavy atom. The molecule has 0 bridgehead atoms. The Hall–Kier alpha value is -2.19. The van der Waals surface area contributed by atoms with Crippen molar-refractivity contribution in [2.75, 3.05) is 0 Å². The van der Waals surface area contributed by atoms with Crippen molar-refractivity contribution in [3.63, 3.8) is 0 Å². The van der Waals surface area contributed by atoms with Crippen molar-refractivity contribution >= 4 is 17.9 Å². The van der Waals surface area contributed by atoms with Crippen molar-refractivity contribution in [2.24, 2.45) is 0 Å². The molecule has 8 heteroatoms. The third-order valence-corrected chi connectivity index (χ3v) is 3.21. The van der Waals surface area contributed by atoms with Gasteiger partial charge in [0.05, 0.1) is 6.42 Å². The molecular formula is C16H22O8. The quantitative estimate of drug-likeness (QED) is 0.467. The van der Waals surface area contributed by atoms with Crippen LogP contribution < -0.4 is 0 Å². The van der Waals surface area contributed by atoms with E-state index in [9.17, 15) is 24.6 Å². The lowest BCUT2D eigenvalue weighted by atomic mass is 10.2. The number of aliphatic hydroxyl groups excluding tert-OH is 2. The molecule has 0 spiro atoms. The minimum Gasteiger partial charge on any atom is -0.459 e. The molecule has 0 saturated carbocycles. The fourth-order valence-electron chi connectivity index (χ4n) is 1.80. The fraction of sp³-hybridized carbons (Fsp3) is 0.562. The molecule has 0 saturated heterocycles. The van der Waals surface area contributed by atoms with Crippen LogP contribution in [0.3, 0.4) is 0 Å². The van der Waals surface area contributed by atoms with Crippen molar-refractivity contribution in [1.82, 2.24) is 0 Å². The third kappa shape index (κ3) is 6.93. The number of cyclic esters (lactones) is 3. The molecule has 0 radical (unpaired) electrons. The lowest BCUT2D eigenvalue weighted by molar-refractivity contribution is -0.157. The molecule has 0 amide bonds. The molecular weight excluding hydrogens is 320 g/mol. The van der Waals surface area contributed by atoms with Gasteiger partial charge in [0, 0.05) is 12.2 Å². The molecule has 1 rings (SSSR count). The summed E-state index contributed by atoms with van der Waals surface area (Å²) >= 11 is 0. The number of ether oxygens (including phenoxy) is 3. The van der Waals surface area contributed by atoms with E-state index in [1.807, 2.05) is 0 Å². The highest BCUT2D eigenvalue weighted by Crippen LogP contribution is 2.08. The summed E-state index contributed by atoms with van der Waals surface area (Å²) in [5.74, 6) is -2.22. The van der Waals surface area contributed by atoms with Gasteiger partial charge in [-0.3, -0.25) is 4.79 Å². The second-order valence-electron chi connectivity index (χ2n) is 5.49. The van der Waals surface area contributed by atoms with Crippen LogP contribution in [0.1, 0.15) is 27.2 Å². The van der Waals surface area contributed by atoms with Gasteiger partial charge in [0.25, 0.3) is 0 Å². The van der Waals surface area contributed by atoms with Crippen LogP contribution in [0.2, 0.25) is 0 Å². The van der Waals surface area contributed by atoms with Crippen molar-refractivity contribution < 1.29 is 38.8 Å². The first-order valence-electron chi connectivity index (χ1n) is 7.52. The van der Waals surface area contributed by atoms with Gasteiger partial charge in [-0.25, -0.2) is 9.59 Å². The van der Waals surface area contributed by atoms with Crippen LogP contribution in [-0.2, 0) is 28.6 Å². The van der Waals surface area contributed by atoms with Gasteiger partial charge in [0.1, 0.15) is 30.5 Å². The smallest absolute Gasteiger partial charge is 0.330 e. The van der Waals surface area contributed by atoms with Gasteiger partial charge in [-0.05, 0) is 32.9 Å². The van der Waals surface area contributed by atoms with Gasteiger partial charge in [-0.1, -0.05) is 0 Å². The molecule has 0 aliphatic carbocycles. The first-order valence-corrected chi connectivity index (χ1v) is 7.52. The molecule has 1 aliphatic rings. The molecule has 0 unspecified atom stereocenters. The van der Waals surface area contributed by atoms with Gasteiger partial charge in [-0.2, -0.15) is 0 Å². The van der Waals surface area contributed by atoms with Crippen molar-refractivity contribution in [3.05, 3.63) is 24.3 Å². The fourth-order valence-corrected chi connectivity index (χ4v) is 1.80. The van der Waals surface area contributed by atoms with E-state index < -0.39 is 48.4 Å². The highest BCUT2D eigenvalue weighted by Gasteiger charge is 2.21. The summed E-state index contributed by atoms with van der Waals surface area (Å²) in [6.07, 6.45) is -0.961. The minimum absolute atomic E-state index is 0.193. The second kappa shape index (κ2) is 9.19. The van der Waals surface area contributed by atoms with Gasteiger partial charge >= 0.3 is 17.9 Å². The van der Waals surface area contributed by atoms with Crippen LogP contribution in [0.4, 0.5) is 0 Å². The van der Waals surface area contributed by atoms with Gasteiger partial charge in [0.2, 0.25) is 0 Å². The average molecular weight is 342 g/mol. The molecule has 0 aromatic carbocycles. The maximum atomic E-state index is 11.7. The average Bonchev–Trinajstić information content (AvgIpc) is 2.48.